The lowest BCUT2D eigenvalue weighted by Gasteiger charge is -2.38. The Hall–Kier alpha value is -1.70. The van der Waals surface area contributed by atoms with Crippen LogP contribution in [0.25, 0.3) is 0 Å². The number of carbonyl (C=O) groups is 2. The van der Waals surface area contributed by atoms with E-state index in [-0.39, 0.29) is 17.0 Å². The molecule has 1 amide bonds. The average molecular weight is 285 g/mol. The summed E-state index contributed by atoms with van der Waals surface area (Å²) in [5.74, 6) is -1.02. The summed E-state index contributed by atoms with van der Waals surface area (Å²) < 4.78 is 5.23. The van der Waals surface area contributed by atoms with Gasteiger partial charge >= 0.3 is 12.1 Å². The second-order valence-electron chi connectivity index (χ2n) is 5.33. The summed E-state index contributed by atoms with van der Waals surface area (Å²) in [6.07, 6.45) is -0.355. The highest BCUT2D eigenvalue weighted by atomic mass is 32.1. The van der Waals surface area contributed by atoms with Crippen molar-refractivity contribution in [2.45, 2.75) is 32.3 Å². The van der Waals surface area contributed by atoms with E-state index in [1.807, 2.05) is 20.8 Å². The molecule has 0 aliphatic carbocycles. The third-order valence-electron chi connectivity index (χ3n) is 2.51. The van der Waals surface area contributed by atoms with Gasteiger partial charge in [0.05, 0.1) is 0 Å². The van der Waals surface area contributed by atoms with Gasteiger partial charge in [0.1, 0.15) is 10.6 Å². The van der Waals surface area contributed by atoms with Crippen LogP contribution in [0.3, 0.4) is 0 Å². The van der Waals surface area contributed by atoms with Crippen LogP contribution < -0.4 is 0 Å². The summed E-state index contributed by atoms with van der Waals surface area (Å²) in [6.45, 7) is 6.41. The van der Waals surface area contributed by atoms with Gasteiger partial charge in [0.15, 0.2) is 0 Å². The van der Waals surface area contributed by atoms with Gasteiger partial charge < -0.3 is 14.7 Å². The van der Waals surface area contributed by atoms with Gasteiger partial charge in [-0.05, 0) is 20.8 Å². The normalized spacial score (nSPS) is 16.1. The molecule has 1 saturated heterocycles. The molecular weight excluding hydrogens is 270 g/mol. The van der Waals surface area contributed by atoms with E-state index in [2.05, 4.69) is 10.2 Å². The summed E-state index contributed by atoms with van der Waals surface area (Å²) in [7, 11) is 0. The van der Waals surface area contributed by atoms with Gasteiger partial charge in [-0.2, -0.15) is 0 Å². The maximum absolute atomic E-state index is 11.7. The second-order valence-corrected chi connectivity index (χ2v) is 6.34. The van der Waals surface area contributed by atoms with Gasteiger partial charge in [0.25, 0.3) is 0 Å². The summed E-state index contributed by atoms with van der Waals surface area (Å²) in [5.41, 5.74) is -0.513. The number of carbonyl (C=O) groups excluding carboxylic acids is 1. The number of likely N-dealkylation sites (tertiary alicyclic amines) is 1. The van der Waals surface area contributed by atoms with Crippen LogP contribution in [-0.2, 0) is 4.74 Å². The van der Waals surface area contributed by atoms with Gasteiger partial charge in [0.2, 0.25) is 5.01 Å². The third kappa shape index (κ3) is 3.19. The smallest absolute Gasteiger partial charge is 0.410 e. The first kappa shape index (κ1) is 13.7. The van der Waals surface area contributed by atoms with E-state index < -0.39 is 11.6 Å². The van der Waals surface area contributed by atoms with E-state index in [1.54, 1.807) is 4.90 Å². The van der Waals surface area contributed by atoms with Gasteiger partial charge in [-0.15, -0.1) is 10.2 Å². The van der Waals surface area contributed by atoms with Crippen LogP contribution in [0, 0.1) is 0 Å². The minimum absolute atomic E-state index is 0.0225. The highest BCUT2D eigenvalue weighted by Crippen LogP contribution is 2.30. The van der Waals surface area contributed by atoms with Crippen molar-refractivity contribution in [1.29, 1.82) is 0 Å². The number of carboxylic acid groups (broad SMARTS) is 1. The number of carboxylic acids is 1. The van der Waals surface area contributed by atoms with Gasteiger partial charge in [0, 0.05) is 19.0 Å². The molecule has 2 rings (SSSR count). The van der Waals surface area contributed by atoms with Crippen molar-refractivity contribution in [2.24, 2.45) is 0 Å². The number of nitrogens with zero attached hydrogens (tertiary/aromatic N) is 3. The first-order valence-electron chi connectivity index (χ1n) is 5.81. The highest BCUT2D eigenvalue weighted by Gasteiger charge is 2.36. The fourth-order valence-corrected chi connectivity index (χ4v) is 2.36. The van der Waals surface area contributed by atoms with Crippen LogP contribution in [0.2, 0.25) is 0 Å². The standard InChI is InChI=1S/C11H15N3O4S/c1-11(2,3)18-10(17)14-4-6(5-14)7-12-13-8(19-7)9(15)16/h6H,4-5H2,1-3H3,(H,15,16). The summed E-state index contributed by atoms with van der Waals surface area (Å²) in [5, 5.41) is 16.8. The van der Waals surface area contributed by atoms with Gasteiger partial charge in [-0.1, -0.05) is 11.3 Å². The number of amides is 1. The summed E-state index contributed by atoms with van der Waals surface area (Å²) >= 11 is 1.05. The Morgan fingerprint density at radius 3 is 2.47 bits per heavy atom. The van der Waals surface area contributed by atoms with Crippen LogP contribution in [-0.4, -0.2) is 51.0 Å². The summed E-state index contributed by atoms with van der Waals surface area (Å²) in [6, 6.07) is 0. The molecule has 1 aliphatic rings. The molecule has 2 heterocycles. The Morgan fingerprint density at radius 2 is 2.00 bits per heavy atom. The molecule has 1 N–H and O–H groups in total. The molecule has 1 fully saturated rings. The van der Waals surface area contributed by atoms with E-state index in [9.17, 15) is 9.59 Å². The van der Waals surface area contributed by atoms with Crippen molar-refractivity contribution >= 4 is 23.4 Å². The lowest BCUT2D eigenvalue weighted by atomic mass is 10.0. The quantitative estimate of drug-likeness (QED) is 0.886. The number of hydrogen-bond acceptors (Lipinski definition) is 6. The fourth-order valence-electron chi connectivity index (χ4n) is 1.60. The van der Waals surface area contributed by atoms with Crippen LogP contribution in [0.4, 0.5) is 4.79 Å². The maximum atomic E-state index is 11.7. The topological polar surface area (TPSA) is 92.6 Å². The van der Waals surface area contributed by atoms with Crippen LogP contribution >= 0.6 is 11.3 Å². The Morgan fingerprint density at radius 1 is 1.37 bits per heavy atom. The molecule has 104 valence electrons. The molecule has 1 aromatic rings. The Kier molecular flexibility index (Phi) is 3.44. The number of aromatic nitrogens is 2. The van der Waals surface area contributed by atoms with Crippen molar-refractivity contribution in [1.82, 2.24) is 15.1 Å². The molecule has 0 aromatic carbocycles. The molecule has 0 saturated carbocycles. The lowest BCUT2D eigenvalue weighted by molar-refractivity contribution is 0.00812. The molecular formula is C11H15N3O4S. The average Bonchev–Trinajstić information content (AvgIpc) is 2.61. The monoisotopic (exact) mass is 285 g/mol. The van der Waals surface area contributed by atoms with E-state index in [0.29, 0.717) is 18.1 Å². The minimum atomic E-state index is -1.08. The first-order chi connectivity index (χ1) is 8.76. The highest BCUT2D eigenvalue weighted by molar-refractivity contribution is 7.13. The number of rotatable bonds is 2. The molecule has 1 aromatic heterocycles. The SMILES string of the molecule is CC(C)(C)OC(=O)N1CC(c2nnc(C(=O)O)s2)C1. The molecule has 7 nitrogen and oxygen atoms in total. The first-order valence-corrected chi connectivity index (χ1v) is 6.62. The van der Waals surface area contributed by atoms with Gasteiger partial charge in [-0.25, -0.2) is 9.59 Å². The zero-order valence-electron chi connectivity index (χ0n) is 10.9. The van der Waals surface area contributed by atoms with Gasteiger partial charge in [-0.3, -0.25) is 0 Å². The van der Waals surface area contributed by atoms with Crippen molar-refractivity contribution in [2.75, 3.05) is 13.1 Å². The number of aromatic carboxylic acids is 1. The maximum Gasteiger partial charge on any atom is 0.410 e. The van der Waals surface area contributed by atoms with E-state index in [0.717, 1.165) is 11.3 Å². The molecule has 8 heteroatoms. The van der Waals surface area contributed by atoms with E-state index in [1.165, 1.54) is 0 Å². The summed E-state index contributed by atoms with van der Waals surface area (Å²) in [4.78, 5) is 24.0. The van der Waals surface area contributed by atoms with Crippen LogP contribution in [0.5, 0.6) is 0 Å². The lowest BCUT2D eigenvalue weighted by Crippen LogP contribution is -2.50. The predicted octanol–water partition coefficient (Wildman–Crippen LogP) is 1.57. The van der Waals surface area contributed by atoms with Crippen LogP contribution in [0.15, 0.2) is 0 Å². The minimum Gasteiger partial charge on any atom is -0.476 e. The number of hydrogen-bond donors (Lipinski definition) is 1. The third-order valence-corrected chi connectivity index (χ3v) is 3.58. The molecule has 0 spiro atoms. The van der Waals surface area contributed by atoms with Crippen LogP contribution in [0.1, 0.15) is 41.5 Å². The number of ether oxygens (including phenoxy) is 1. The Labute approximate surface area is 114 Å². The molecule has 0 radical (unpaired) electrons. The predicted molar refractivity (Wildman–Crippen MR) is 67.4 cm³/mol. The zero-order valence-corrected chi connectivity index (χ0v) is 11.7. The largest absolute Gasteiger partial charge is 0.476 e. The van der Waals surface area contributed by atoms with Crippen molar-refractivity contribution < 1.29 is 19.4 Å². The van der Waals surface area contributed by atoms with Crippen molar-refractivity contribution in [3.05, 3.63) is 10.0 Å². The molecule has 0 atom stereocenters. The fraction of sp³-hybridized carbons (Fsp3) is 0.636. The second kappa shape index (κ2) is 4.76. The zero-order chi connectivity index (χ0) is 14.2. The van der Waals surface area contributed by atoms with Crippen molar-refractivity contribution in [3.8, 4) is 0 Å². The van der Waals surface area contributed by atoms with Crippen molar-refractivity contribution in [3.63, 3.8) is 0 Å². The van der Waals surface area contributed by atoms with E-state index >= 15 is 0 Å². The molecule has 1 aliphatic heterocycles. The van der Waals surface area contributed by atoms with E-state index in [4.69, 9.17) is 9.84 Å². The molecule has 0 unspecified atom stereocenters. The Bertz CT molecular complexity index is 502. The Balaban J connectivity index is 1.89. The molecule has 0 bridgehead atoms. The molecule has 19 heavy (non-hydrogen) atoms.